The number of benzene rings is 3. The van der Waals surface area contributed by atoms with Crippen molar-refractivity contribution in [2.75, 3.05) is 17.4 Å². The maximum atomic E-state index is 14.1. The number of hydrogen-bond donors (Lipinski definition) is 1. The van der Waals surface area contributed by atoms with E-state index >= 15 is 0 Å². The molecule has 0 saturated heterocycles. The minimum absolute atomic E-state index is 0.0479. The van der Waals surface area contributed by atoms with Crippen molar-refractivity contribution in [3.05, 3.63) is 94.0 Å². The van der Waals surface area contributed by atoms with E-state index in [1.807, 2.05) is 26.8 Å². The number of anilines is 1. The van der Waals surface area contributed by atoms with Crippen LogP contribution in [0.2, 0.25) is 10.0 Å². The first-order valence-corrected chi connectivity index (χ1v) is 15.3. The van der Waals surface area contributed by atoms with Gasteiger partial charge in [0.25, 0.3) is 10.0 Å². The lowest BCUT2D eigenvalue weighted by Gasteiger charge is -2.33. The SMILES string of the molecule is CC[C@@H](C(=O)NCC(C)C)N(Cc1c(Cl)cccc1Cl)C(=O)CN(c1cccc(C)c1)S(=O)(=O)c1ccccc1. The molecule has 0 aliphatic carbocycles. The molecule has 0 heterocycles. The summed E-state index contributed by atoms with van der Waals surface area (Å²) in [6.07, 6.45) is 0.299. The topological polar surface area (TPSA) is 86.8 Å². The Morgan fingerprint density at radius 2 is 1.55 bits per heavy atom. The molecule has 3 rings (SSSR count). The van der Waals surface area contributed by atoms with Crippen molar-refractivity contribution in [3.8, 4) is 0 Å². The monoisotopic (exact) mass is 603 g/mol. The minimum Gasteiger partial charge on any atom is -0.354 e. The fourth-order valence-electron chi connectivity index (χ4n) is 4.23. The second kappa shape index (κ2) is 14.0. The number of amides is 2. The Balaban J connectivity index is 2.08. The van der Waals surface area contributed by atoms with Gasteiger partial charge in [-0.2, -0.15) is 0 Å². The molecule has 3 aromatic rings. The summed E-state index contributed by atoms with van der Waals surface area (Å²) in [4.78, 5) is 28.8. The zero-order valence-electron chi connectivity index (χ0n) is 23.1. The molecular formula is C30H35Cl2N3O4S. The molecule has 7 nitrogen and oxygen atoms in total. The van der Waals surface area contributed by atoms with Crippen LogP contribution in [0.1, 0.15) is 38.3 Å². The van der Waals surface area contributed by atoms with Crippen LogP contribution < -0.4 is 9.62 Å². The number of carbonyl (C=O) groups excluding carboxylic acids is 2. The van der Waals surface area contributed by atoms with Gasteiger partial charge in [0.15, 0.2) is 0 Å². The highest BCUT2D eigenvalue weighted by molar-refractivity contribution is 7.92. The van der Waals surface area contributed by atoms with E-state index in [4.69, 9.17) is 23.2 Å². The van der Waals surface area contributed by atoms with Crippen molar-refractivity contribution < 1.29 is 18.0 Å². The van der Waals surface area contributed by atoms with Gasteiger partial charge in [0.2, 0.25) is 11.8 Å². The number of sulfonamides is 1. The largest absolute Gasteiger partial charge is 0.354 e. The van der Waals surface area contributed by atoms with Gasteiger partial charge in [-0.3, -0.25) is 13.9 Å². The van der Waals surface area contributed by atoms with Gasteiger partial charge < -0.3 is 10.2 Å². The smallest absolute Gasteiger partial charge is 0.264 e. The summed E-state index contributed by atoms with van der Waals surface area (Å²) in [6, 6.07) is 19.0. The standard InChI is InChI=1S/C30H35Cl2N3O4S/c1-5-28(30(37)33-18-21(2)3)34(19-25-26(31)15-10-16-27(25)32)29(36)20-35(23-12-9-11-22(4)17-23)40(38,39)24-13-7-6-8-14-24/h6-17,21,28H,5,18-20H2,1-4H3,(H,33,37)/t28-/m0/s1. The molecule has 0 radical (unpaired) electrons. The molecule has 3 aromatic carbocycles. The Labute approximate surface area is 247 Å². The van der Waals surface area contributed by atoms with Crippen molar-refractivity contribution in [1.82, 2.24) is 10.2 Å². The minimum atomic E-state index is -4.13. The lowest BCUT2D eigenvalue weighted by Crippen LogP contribution is -2.52. The maximum absolute atomic E-state index is 14.1. The molecule has 0 aliphatic rings. The summed E-state index contributed by atoms with van der Waals surface area (Å²) in [5.74, 6) is -0.694. The first-order chi connectivity index (χ1) is 18.9. The second-order valence-corrected chi connectivity index (χ2v) is 12.6. The van der Waals surface area contributed by atoms with Crippen LogP contribution in [0.3, 0.4) is 0 Å². The zero-order valence-corrected chi connectivity index (χ0v) is 25.4. The summed E-state index contributed by atoms with van der Waals surface area (Å²) in [5.41, 5.74) is 1.64. The Bertz CT molecular complexity index is 1410. The number of nitrogens with one attached hydrogen (secondary N) is 1. The van der Waals surface area contributed by atoms with Crippen molar-refractivity contribution in [2.24, 2.45) is 5.92 Å². The van der Waals surface area contributed by atoms with E-state index in [2.05, 4.69) is 5.32 Å². The van der Waals surface area contributed by atoms with Crippen LogP contribution in [0.15, 0.2) is 77.7 Å². The predicted molar refractivity (Wildman–Crippen MR) is 161 cm³/mol. The molecule has 2 amide bonds. The summed E-state index contributed by atoms with van der Waals surface area (Å²) in [5, 5.41) is 3.59. The molecule has 1 atom stereocenters. The normalized spacial score (nSPS) is 12.2. The fraction of sp³-hybridized carbons (Fsp3) is 0.333. The number of carbonyl (C=O) groups is 2. The van der Waals surface area contributed by atoms with Crippen LogP contribution >= 0.6 is 23.2 Å². The summed E-state index contributed by atoms with van der Waals surface area (Å²) in [7, 11) is -4.13. The van der Waals surface area contributed by atoms with E-state index in [1.165, 1.54) is 17.0 Å². The van der Waals surface area contributed by atoms with Crippen molar-refractivity contribution in [2.45, 2.75) is 51.6 Å². The molecule has 0 spiro atoms. The summed E-state index contributed by atoms with van der Waals surface area (Å²) < 4.78 is 28.8. The third kappa shape index (κ3) is 7.77. The number of rotatable bonds is 12. The van der Waals surface area contributed by atoms with Gasteiger partial charge in [0.1, 0.15) is 12.6 Å². The third-order valence-corrected chi connectivity index (χ3v) is 8.86. The molecular weight excluding hydrogens is 569 g/mol. The molecule has 0 aliphatic heterocycles. The van der Waals surface area contributed by atoms with E-state index in [0.29, 0.717) is 34.3 Å². The van der Waals surface area contributed by atoms with Crippen LogP contribution in [-0.4, -0.2) is 44.3 Å². The average molecular weight is 605 g/mol. The fourth-order valence-corrected chi connectivity index (χ4v) is 6.17. The highest BCUT2D eigenvalue weighted by atomic mass is 35.5. The first-order valence-electron chi connectivity index (χ1n) is 13.1. The maximum Gasteiger partial charge on any atom is 0.264 e. The van der Waals surface area contributed by atoms with Gasteiger partial charge >= 0.3 is 0 Å². The first kappa shape index (κ1) is 31.5. The highest BCUT2D eigenvalue weighted by Gasteiger charge is 2.34. The molecule has 0 fully saturated rings. The summed E-state index contributed by atoms with van der Waals surface area (Å²) >= 11 is 12.9. The van der Waals surface area contributed by atoms with Crippen molar-refractivity contribution >= 4 is 50.7 Å². The second-order valence-electron chi connectivity index (χ2n) is 9.95. The zero-order chi connectivity index (χ0) is 29.4. The van der Waals surface area contributed by atoms with Gasteiger partial charge in [0.05, 0.1) is 10.6 Å². The van der Waals surface area contributed by atoms with Gasteiger partial charge in [-0.15, -0.1) is 0 Å². The number of aryl methyl sites for hydroxylation is 1. The highest BCUT2D eigenvalue weighted by Crippen LogP contribution is 2.29. The van der Waals surface area contributed by atoms with Crippen LogP contribution in [0, 0.1) is 12.8 Å². The molecule has 1 N–H and O–H groups in total. The van der Waals surface area contributed by atoms with Crippen molar-refractivity contribution in [3.63, 3.8) is 0 Å². The number of halogens is 2. The van der Waals surface area contributed by atoms with Gasteiger partial charge in [0, 0.05) is 28.7 Å². The lowest BCUT2D eigenvalue weighted by atomic mass is 10.1. The Morgan fingerprint density at radius 1 is 0.925 bits per heavy atom. The van der Waals surface area contributed by atoms with Gasteiger partial charge in [-0.25, -0.2) is 8.42 Å². The van der Waals surface area contributed by atoms with Crippen molar-refractivity contribution in [1.29, 1.82) is 0 Å². The third-order valence-electron chi connectivity index (χ3n) is 6.36. The number of nitrogens with zero attached hydrogens (tertiary/aromatic N) is 2. The average Bonchev–Trinajstić information content (AvgIpc) is 2.92. The van der Waals surface area contributed by atoms with Crippen LogP contribution in [-0.2, 0) is 26.2 Å². The molecule has 0 bridgehead atoms. The van der Waals surface area contributed by atoms with Gasteiger partial charge in [-0.1, -0.05) is 80.4 Å². The molecule has 40 heavy (non-hydrogen) atoms. The van der Waals surface area contributed by atoms with E-state index in [9.17, 15) is 18.0 Å². The molecule has 10 heteroatoms. The van der Waals surface area contributed by atoms with Gasteiger partial charge in [-0.05, 0) is 61.2 Å². The van der Waals surface area contributed by atoms with E-state index in [-0.39, 0.29) is 23.3 Å². The quantitative estimate of drug-likeness (QED) is 0.272. The predicted octanol–water partition coefficient (Wildman–Crippen LogP) is 6.08. The van der Waals surface area contributed by atoms with E-state index < -0.39 is 28.5 Å². The van der Waals surface area contributed by atoms with Crippen LogP contribution in [0.4, 0.5) is 5.69 Å². The molecule has 0 aromatic heterocycles. The lowest BCUT2D eigenvalue weighted by molar-refractivity contribution is -0.140. The van der Waals surface area contributed by atoms with Crippen LogP contribution in [0.5, 0.6) is 0 Å². The molecule has 214 valence electrons. The molecule has 0 unspecified atom stereocenters. The van der Waals surface area contributed by atoms with Crippen LogP contribution in [0.25, 0.3) is 0 Å². The Kier molecular flexibility index (Phi) is 11.0. The number of hydrogen-bond acceptors (Lipinski definition) is 4. The Morgan fingerprint density at radius 3 is 2.12 bits per heavy atom. The Hall–Kier alpha value is -3.07. The van der Waals surface area contributed by atoms with E-state index in [1.54, 1.807) is 61.5 Å². The molecule has 0 saturated carbocycles. The summed E-state index contributed by atoms with van der Waals surface area (Å²) in [6.45, 7) is 7.42. The van der Waals surface area contributed by atoms with E-state index in [0.717, 1.165) is 9.87 Å².